The van der Waals surface area contributed by atoms with Crippen LogP contribution >= 0.6 is 22.9 Å². The Morgan fingerprint density at radius 2 is 1.95 bits per heavy atom. The summed E-state index contributed by atoms with van der Waals surface area (Å²) in [6, 6.07) is 4.04. The van der Waals surface area contributed by atoms with Gasteiger partial charge in [0.05, 0.1) is 11.4 Å². The summed E-state index contributed by atoms with van der Waals surface area (Å²) in [7, 11) is 0. The Morgan fingerprint density at radius 1 is 1.19 bits per heavy atom. The van der Waals surface area contributed by atoms with Crippen LogP contribution in [0.1, 0.15) is 46.7 Å². The summed E-state index contributed by atoms with van der Waals surface area (Å²) in [5.41, 5.74) is 2.72. The van der Waals surface area contributed by atoms with E-state index in [2.05, 4.69) is 33.4 Å². The largest absolute Gasteiger partial charge is 0.302 e. The Hall–Kier alpha value is -1.46. The van der Waals surface area contributed by atoms with E-state index in [1.54, 1.807) is 11.3 Å². The second kappa shape index (κ2) is 5.39. The maximum atomic E-state index is 6.33. The molecule has 0 bridgehead atoms. The zero-order chi connectivity index (χ0) is 15.1. The standard InChI is InChI=1S/C15H17ClN4S/c1-8-5-6-12-14(18-8)20(13(19-12)10(3)16)11(4)15-17-7-9(2)21-15/h5-7,10-11H,1-4H3. The molecule has 4 nitrogen and oxygen atoms in total. The first kappa shape index (κ1) is 14.5. The van der Waals surface area contributed by atoms with E-state index in [0.717, 1.165) is 27.7 Å². The van der Waals surface area contributed by atoms with Crippen LogP contribution in [0.3, 0.4) is 0 Å². The van der Waals surface area contributed by atoms with Crippen molar-refractivity contribution >= 4 is 34.1 Å². The number of rotatable bonds is 3. The number of pyridine rings is 1. The third-order valence-electron chi connectivity index (χ3n) is 3.44. The molecule has 3 heterocycles. The van der Waals surface area contributed by atoms with Crippen LogP contribution in [-0.4, -0.2) is 19.5 Å². The van der Waals surface area contributed by atoms with Gasteiger partial charge < -0.3 is 4.57 Å². The zero-order valence-electron chi connectivity index (χ0n) is 12.5. The van der Waals surface area contributed by atoms with Crippen molar-refractivity contribution in [3.63, 3.8) is 0 Å². The molecule has 6 heteroatoms. The lowest BCUT2D eigenvalue weighted by molar-refractivity contribution is 0.610. The lowest BCUT2D eigenvalue weighted by Crippen LogP contribution is -2.11. The summed E-state index contributed by atoms with van der Waals surface area (Å²) in [6.07, 6.45) is 1.90. The maximum Gasteiger partial charge on any atom is 0.160 e. The first-order valence-corrected chi connectivity index (χ1v) is 8.14. The van der Waals surface area contributed by atoms with Gasteiger partial charge in [0, 0.05) is 16.8 Å². The summed E-state index contributed by atoms with van der Waals surface area (Å²) in [5.74, 6) is 0.838. The summed E-state index contributed by atoms with van der Waals surface area (Å²) < 4.78 is 2.11. The molecule has 0 aliphatic carbocycles. The molecule has 0 radical (unpaired) electrons. The predicted octanol–water partition coefficient (Wildman–Crippen LogP) is 4.41. The van der Waals surface area contributed by atoms with Crippen molar-refractivity contribution in [2.75, 3.05) is 0 Å². The molecule has 0 aliphatic rings. The topological polar surface area (TPSA) is 43.6 Å². The number of fused-ring (bicyclic) bond motifs is 1. The van der Waals surface area contributed by atoms with Crippen molar-refractivity contribution < 1.29 is 0 Å². The van der Waals surface area contributed by atoms with Crippen LogP contribution in [0.15, 0.2) is 18.3 Å². The lowest BCUT2D eigenvalue weighted by Gasteiger charge is -2.16. The van der Waals surface area contributed by atoms with Gasteiger partial charge in [-0.3, -0.25) is 0 Å². The molecule has 0 amide bonds. The minimum absolute atomic E-state index is 0.0687. The van der Waals surface area contributed by atoms with E-state index in [1.807, 2.05) is 32.2 Å². The summed E-state index contributed by atoms with van der Waals surface area (Å²) in [5, 5.41) is 0.872. The van der Waals surface area contributed by atoms with Crippen LogP contribution in [0.4, 0.5) is 0 Å². The number of thiazole rings is 1. The number of halogens is 1. The smallest absolute Gasteiger partial charge is 0.160 e. The van der Waals surface area contributed by atoms with Gasteiger partial charge in [0.15, 0.2) is 5.65 Å². The number of imidazole rings is 1. The van der Waals surface area contributed by atoms with E-state index in [0.29, 0.717) is 0 Å². The number of alkyl halides is 1. The van der Waals surface area contributed by atoms with Crippen molar-refractivity contribution in [2.45, 2.75) is 39.1 Å². The molecule has 0 aromatic carbocycles. The highest BCUT2D eigenvalue weighted by molar-refractivity contribution is 7.11. The van der Waals surface area contributed by atoms with Crippen LogP contribution in [0.2, 0.25) is 0 Å². The van der Waals surface area contributed by atoms with E-state index in [-0.39, 0.29) is 11.4 Å². The Morgan fingerprint density at radius 3 is 2.57 bits per heavy atom. The van der Waals surface area contributed by atoms with Gasteiger partial charge in [-0.1, -0.05) is 0 Å². The second-order valence-electron chi connectivity index (χ2n) is 5.24. The summed E-state index contributed by atoms with van der Waals surface area (Å²) >= 11 is 8.02. The van der Waals surface area contributed by atoms with Gasteiger partial charge in [0.2, 0.25) is 0 Å². The van der Waals surface area contributed by atoms with Crippen molar-refractivity contribution in [1.82, 2.24) is 19.5 Å². The monoisotopic (exact) mass is 320 g/mol. The lowest BCUT2D eigenvalue weighted by atomic mass is 10.3. The number of hydrogen-bond acceptors (Lipinski definition) is 4. The van der Waals surface area contributed by atoms with E-state index in [9.17, 15) is 0 Å². The van der Waals surface area contributed by atoms with E-state index in [1.165, 1.54) is 4.88 Å². The zero-order valence-corrected chi connectivity index (χ0v) is 14.0. The number of aryl methyl sites for hydroxylation is 2. The molecular formula is C15H17ClN4S. The fraction of sp³-hybridized carbons (Fsp3) is 0.400. The number of aromatic nitrogens is 4. The highest BCUT2D eigenvalue weighted by atomic mass is 35.5. The third kappa shape index (κ3) is 2.56. The number of nitrogens with zero attached hydrogens (tertiary/aromatic N) is 4. The minimum Gasteiger partial charge on any atom is -0.302 e. The highest BCUT2D eigenvalue weighted by Gasteiger charge is 2.22. The quantitative estimate of drug-likeness (QED) is 0.671. The van der Waals surface area contributed by atoms with Crippen LogP contribution in [-0.2, 0) is 0 Å². The Kier molecular flexibility index (Phi) is 3.71. The van der Waals surface area contributed by atoms with E-state index >= 15 is 0 Å². The molecule has 0 spiro atoms. The first-order valence-electron chi connectivity index (χ1n) is 6.89. The van der Waals surface area contributed by atoms with Gasteiger partial charge in [-0.15, -0.1) is 22.9 Å². The van der Waals surface area contributed by atoms with Crippen LogP contribution < -0.4 is 0 Å². The molecule has 0 N–H and O–H groups in total. The fourth-order valence-electron chi connectivity index (χ4n) is 2.42. The Labute approximate surface area is 132 Å². The maximum absolute atomic E-state index is 6.33. The van der Waals surface area contributed by atoms with Crippen molar-refractivity contribution in [3.05, 3.63) is 39.7 Å². The number of hydrogen-bond donors (Lipinski definition) is 0. The van der Waals surface area contributed by atoms with Gasteiger partial charge in [-0.05, 0) is 39.8 Å². The van der Waals surface area contributed by atoms with Crippen LogP contribution in [0, 0.1) is 13.8 Å². The van der Waals surface area contributed by atoms with Crippen LogP contribution in [0.25, 0.3) is 11.2 Å². The van der Waals surface area contributed by atoms with Gasteiger partial charge in [0.1, 0.15) is 16.3 Å². The first-order chi connectivity index (χ1) is 9.97. The molecule has 0 saturated carbocycles. The molecule has 21 heavy (non-hydrogen) atoms. The predicted molar refractivity (Wildman–Crippen MR) is 87.2 cm³/mol. The molecule has 0 fully saturated rings. The molecule has 3 aromatic heterocycles. The fourth-order valence-corrected chi connectivity index (χ4v) is 3.39. The molecule has 0 saturated heterocycles. The van der Waals surface area contributed by atoms with Crippen molar-refractivity contribution in [2.24, 2.45) is 0 Å². The second-order valence-corrected chi connectivity index (χ2v) is 7.16. The average Bonchev–Trinajstić information content (AvgIpc) is 3.01. The van der Waals surface area contributed by atoms with Crippen molar-refractivity contribution in [1.29, 1.82) is 0 Å². The van der Waals surface area contributed by atoms with E-state index < -0.39 is 0 Å². The molecule has 3 rings (SSSR count). The normalized spacial score (nSPS) is 14.5. The molecular weight excluding hydrogens is 304 g/mol. The SMILES string of the molecule is Cc1ccc2nc(C(C)Cl)n(C(C)c3ncc(C)s3)c2n1. The van der Waals surface area contributed by atoms with Crippen molar-refractivity contribution in [3.8, 4) is 0 Å². The van der Waals surface area contributed by atoms with Gasteiger partial charge in [-0.25, -0.2) is 15.0 Å². The van der Waals surface area contributed by atoms with Gasteiger partial charge in [0.25, 0.3) is 0 Å². The Bertz CT molecular complexity index is 790. The highest BCUT2D eigenvalue weighted by Crippen LogP contribution is 2.31. The summed E-state index contributed by atoms with van der Waals surface area (Å²) in [6.45, 7) is 8.10. The Balaban J connectivity index is 2.23. The molecule has 2 atom stereocenters. The van der Waals surface area contributed by atoms with Gasteiger partial charge in [-0.2, -0.15) is 0 Å². The van der Waals surface area contributed by atoms with E-state index in [4.69, 9.17) is 11.6 Å². The molecule has 110 valence electrons. The minimum atomic E-state index is -0.178. The van der Waals surface area contributed by atoms with Crippen LogP contribution in [0.5, 0.6) is 0 Å². The molecule has 2 unspecified atom stereocenters. The molecule has 0 aliphatic heterocycles. The summed E-state index contributed by atoms with van der Waals surface area (Å²) in [4.78, 5) is 15.0. The van der Waals surface area contributed by atoms with Gasteiger partial charge >= 0.3 is 0 Å². The molecule has 3 aromatic rings. The average molecular weight is 321 g/mol. The third-order valence-corrected chi connectivity index (χ3v) is 4.72.